The van der Waals surface area contributed by atoms with Crippen molar-refractivity contribution in [3.8, 4) is 0 Å². The molecule has 0 aliphatic carbocycles. The van der Waals surface area contributed by atoms with Crippen LogP contribution >= 0.6 is 0 Å². The Bertz CT molecular complexity index is 29.5. The maximum absolute atomic E-state index is 5.01. The second-order valence-electron chi connectivity index (χ2n) is 1.36. The molecule has 0 aromatic rings. The van der Waals surface area contributed by atoms with Crippen molar-refractivity contribution >= 4 is 103 Å². The average molecular weight is 167 g/mol. The zero-order valence-electron chi connectivity index (χ0n) is 3.74. The van der Waals surface area contributed by atoms with Crippen molar-refractivity contribution < 1.29 is 4.74 Å². The molecule has 4 heteroatoms. The summed E-state index contributed by atoms with van der Waals surface area (Å²) in [4.78, 5) is 0. The summed E-state index contributed by atoms with van der Waals surface area (Å²) in [6, 6.07) is 0. The summed E-state index contributed by atoms with van der Waals surface area (Å²) in [5.74, 6) is 0. The normalized spacial score (nSPS) is 18.0. The van der Waals surface area contributed by atoms with E-state index in [9.17, 15) is 0 Å². The third-order valence-electron chi connectivity index (χ3n) is 0.846. The van der Waals surface area contributed by atoms with Crippen molar-refractivity contribution in [1.29, 1.82) is 0 Å². The molecular weight excluding hydrogens is 156 g/mol. The Morgan fingerprint density at radius 3 is 1.62 bits per heavy atom. The van der Waals surface area contributed by atoms with Crippen LogP contribution in [0.1, 0.15) is 0 Å². The average Bonchev–Trinajstić information content (AvgIpc) is 1.72. The summed E-state index contributed by atoms with van der Waals surface area (Å²) in [6.07, 6.45) is 0. The van der Waals surface area contributed by atoms with Crippen LogP contribution in [0.2, 0.25) is 0 Å². The third kappa shape index (κ3) is 7.30. The van der Waals surface area contributed by atoms with Crippen molar-refractivity contribution in [2.45, 2.75) is 0 Å². The predicted octanol–water partition coefficient (Wildman–Crippen LogP) is -1.69. The van der Waals surface area contributed by atoms with E-state index in [0.717, 1.165) is 26.3 Å². The van der Waals surface area contributed by atoms with Gasteiger partial charge in [0.05, 0.1) is 13.2 Å². The van der Waals surface area contributed by atoms with E-state index in [-0.39, 0.29) is 103 Å². The number of hydrogen-bond donors (Lipinski definition) is 1. The molecule has 0 spiro atoms. The summed E-state index contributed by atoms with van der Waals surface area (Å²) < 4.78 is 5.01. The fourth-order valence-corrected chi connectivity index (χ4v) is 0.516. The van der Waals surface area contributed by atoms with Gasteiger partial charge in [-0.25, -0.2) is 0 Å². The van der Waals surface area contributed by atoms with Crippen LogP contribution in [0.15, 0.2) is 0 Å². The molecule has 0 aromatic heterocycles. The molecule has 1 heterocycles. The van der Waals surface area contributed by atoms with Gasteiger partial charge in [-0.05, 0) is 0 Å². The van der Waals surface area contributed by atoms with Gasteiger partial charge in [-0.3, -0.25) is 0 Å². The molecule has 0 amide bonds. The predicted molar refractivity (Wildman–Crippen MR) is 38.0 cm³/mol. The Labute approximate surface area is 135 Å². The van der Waals surface area contributed by atoms with Gasteiger partial charge in [-0.1, -0.05) is 0 Å². The molecular formula is C4H11K2NO. The molecule has 8 heavy (non-hydrogen) atoms. The van der Waals surface area contributed by atoms with Gasteiger partial charge in [-0.2, -0.15) is 0 Å². The van der Waals surface area contributed by atoms with Crippen LogP contribution in [0.25, 0.3) is 0 Å². The van der Waals surface area contributed by atoms with E-state index < -0.39 is 0 Å². The van der Waals surface area contributed by atoms with E-state index in [4.69, 9.17) is 4.74 Å². The second-order valence-corrected chi connectivity index (χ2v) is 1.36. The second kappa shape index (κ2) is 10.2. The number of morpholine rings is 1. The first-order valence-corrected chi connectivity index (χ1v) is 2.28. The van der Waals surface area contributed by atoms with Crippen molar-refractivity contribution in [2.24, 2.45) is 0 Å². The van der Waals surface area contributed by atoms with Crippen LogP contribution in [0.4, 0.5) is 0 Å². The van der Waals surface area contributed by atoms with Crippen molar-refractivity contribution in [1.82, 2.24) is 5.32 Å². The molecule has 40 valence electrons. The minimum absolute atomic E-state index is 0. The maximum atomic E-state index is 5.01. The van der Waals surface area contributed by atoms with Crippen LogP contribution in [0, 0.1) is 0 Å². The molecule has 1 saturated heterocycles. The number of hydrogen-bond acceptors (Lipinski definition) is 2. The zero-order valence-corrected chi connectivity index (χ0v) is 3.74. The molecule has 0 atom stereocenters. The Morgan fingerprint density at radius 2 is 1.50 bits per heavy atom. The SMILES string of the molecule is C1COCCN1.[KH].[KH]. The van der Waals surface area contributed by atoms with E-state index in [1.807, 2.05) is 0 Å². The fourth-order valence-electron chi connectivity index (χ4n) is 0.516. The number of ether oxygens (including phenoxy) is 1. The summed E-state index contributed by atoms with van der Waals surface area (Å²) >= 11 is 0. The van der Waals surface area contributed by atoms with E-state index in [0.29, 0.717) is 0 Å². The Morgan fingerprint density at radius 1 is 1.00 bits per heavy atom. The van der Waals surface area contributed by atoms with Crippen molar-refractivity contribution in [3.05, 3.63) is 0 Å². The van der Waals surface area contributed by atoms with Crippen LogP contribution in [0.3, 0.4) is 0 Å². The minimum atomic E-state index is 0. The molecule has 1 aliphatic rings. The van der Waals surface area contributed by atoms with Gasteiger partial charge in [0.15, 0.2) is 0 Å². The summed E-state index contributed by atoms with van der Waals surface area (Å²) in [5, 5.41) is 3.16. The Hall–Kier alpha value is 3.19. The Balaban J connectivity index is 0. The van der Waals surface area contributed by atoms with Crippen LogP contribution in [-0.2, 0) is 4.74 Å². The first kappa shape index (κ1) is 13.8. The van der Waals surface area contributed by atoms with Crippen LogP contribution in [-0.4, -0.2) is 129 Å². The molecule has 1 aliphatic heterocycles. The van der Waals surface area contributed by atoms with Crippen LogP contribution < -0.4 is 5.32 Å². The molecule has 0 radical (unpaired) electrons. The van der Waals surface area contributed by atoms with Crippen molar-refractivity contribution in [3.63, 3.8) is 0 Å². The Kier molecular flexibility index (Phi) is 17.5. The fraction of sp³-hybridized carbons (Fsp3) is 1.00. The van der Waals surface area contributed by atoms with Gasteiger partial charge < -0.3 is 10.1 Å². The first-order valence-electron chi connectivity index (χ1n) is 2.28. The standard InChI is InChI=1S/C4H9NO.2K.2H/c1-3-6-4-2-5-1;;;;/h5H,1-4H2;;;;. The zero-order chi connectivity index (χ0) is 4.24. The molecule has 1 fully saturated rings. The molecule has 0 bridgehead atoms. The summed E-state index contributed by atoms with van der Waals surface area (Å²) in [7, 11) is 0. The molecule has 0 unspecified atom stereocenters. The molecule has 1 N–H and O–H groups in total. The number of rotatable bonds is 0. The monoisotopic (exact) mass is 167 g/mol. The van der Waals surface area contributed by atoms with E-state index in [1.54, 1.807) is 0 Å². The summed E-state index contributed by atoms with van der Waals surface area (Å²) in [6.45, 7) is 3.83. The quantitative estimate of drug-likeness (QED) is 0.435. The van der Waals surface area contributed by atoms with Crippen molar-refractivity contribution in [2.75, 3.05) is 26.3 Å². The molecule has 2 nitrogen and oxygen atoms in total. The third-order valence-corrected chi connectivity index (χ3v) is 0.846. The van der Waals surface area contributed by atoms with Gasteiger partial charge >= 0.3 is 103 Å². The van der Waals surface area contributed by atoms with Gasteiger partial charge in [0.2, 0.25) is 0 Å². The van der Waals surface area contributed by atoms with E-state index in [2.05, 4.69) is 5.32 Å². The number of nitrogens with one attached hydrogen (secondary N) is 1. The topological polar surface area (TPSA) is 21.3 Å². The molecule has 0 aromatic carbocycles. The summed E-state index contributed by atoms with van der Waals surface area (Å²) in [5.41, 5.74) is 0. The molecule has 0 saturated carbocycles. The van der Waals surface area contributed by atoms with Crippen LogP contribution in [0.5, 0.6) is 0 Å². The molecule has 1 rings (SSSR count). The van der Waals surface area contributed by atoms with Gasteiger partial charge in [0, 0.05) is 13.1 Å². The first-order chi connectivity index (χ1) is 3.00. The van der Waals surface area contributed by atoms with Gasteiger partial charge in [0.25, 0.3) is 0 Å². The van der Waals surface area contributed by atoms with E-state index in [1.165, 1.54) is 0 Å². The van der Waals surface area contributed by atoms with Gasteiger partial charge in [0.1, 0.15) is 0 Å². The van der Waals surface area contributed by atoms with Gasteiger partial charge in [-0.15, -0.1) is 0 Å². The van der Waals surface area contributed by atoms with E-state index >= 15 is 0 Å².